The number of hydrogen-bond acceptors (Lipinski definition) is 7. The third-order valence-electron chi connectivity index (χ3n) is 4.43. The number of carboxylic acids is 1. The van der Waals surface area contributed by atoms with Gasteiger partial charge in [-0.1, -0.05) is 0 Å². The Bertz CT molecular complexity index is 1290. The molecular formula is C23H22F4N2O6. The monoisotopic (exact) mass is 498 g/mol. The summed E-state index contributed by atoms with van der Waals surface area (Å²) in [6.45, 7) is 1.03. The van der Waals surface area contributed by atoms with E-state index < -0.39 is 29.1 Å². The van der Waals surface area contributed by atoms with Crippen LogP contribution in [0.2, 0.25) is 0 Å². The summed E-state index contributed by atoms with van der Waals surface area (Å²) in [5, 5.41) is 19.2. The highest BCUT2D eigenvalue weighted by atomic mass is 19.4. The minimum atomic E-state index is -5.19. The first-order chi connectivity index (χ1) is 16.3. The van der Waals surface area contributed by atoms with Gasteiger partial charge in [-0.05, 0) is 42.5 Å². The van der Waals surface area contributed by atoms with Gasteiger partial charge in [0.05, 0.1) is 5.39 Å². The van der Waals surface area contributed by atoms with Gasteiger partial charge >= 0.3 is 6.18 Å². The van der Waals surface area contributed by atoms with E-state index in [0.717, 1.165) is 5.69 Å². The molecule has 12 heteroatoms. The fourth-order valence-electron chi connectivity index (χ4n) is 2.67. The SMILES string of the molecule is CN(C)c1ccc(/C=C/c2oc3cc(OCC[NH3+])ccc3c(=O)c2O)c(F)c1.O=C([O-])C(F)(F)F. The summed E-state index contributed by atoms with van der Waals surface area (Å²) in [4.78, 5) is 23.0. The molecule has 0 atom stereocenters. The van der Waals surface area contributed by atoms with Gasteiger partial charge in [-0.15, -0.1) is 0 Å². The summed E-state index contributed by atoms with van der Waals surface area (Å²) in [6.07, 6.45) is -2.38. The van der Waals surface area contributed by atoms with E-state index in [-0.39, 0.29) is 16.7 Å². The van der Waals surface area contributed by atoms with Crippen LogP contribution in [-0.2, 0) is 4.79 Å². The van der Waals surface area contributed by atoms with Crippen LogP contribution in [0.5, 0.6) is 11.5 Å². The Kier molecular flexibility index (Phi) is 8.84. The Morgan fingerprint density at radius 3 is 2.40 bits per heavy atom. The lowest BCUT2D eigenvalue weighted by Gasteiger charge is -2.12. The Morgan fingerprint density at radius 2 is 1.86 bits per heavy atom. The van der Waals surface area contributed by atoms with E-state index in [9.17, 15) is 27.5 Å². The predicted octanol–water partition coefficient (Wildman–Crippen LogP) is 1.79. The standard InChI is InChI=1S/C21H21FN2O4.C2HF3O2/c1-24(2)14-5-3-13(17(22)11-14)4-8-18-21(26)20(25)16-7-6-15(27-10-9-23)12-19(16)28-18;3-2(4,5)1(6)7/h3-8,11-12,26H,9-10,23H2,1-2H3;(H,6,7)/b8-4+;. The van der Waals surface area contributed by atoms with Crippen molar-refractivity contribution in [2.45, 2.75) is 6.18 Å². The lowest BCUT2D eigenvalue weighted by atomic mass is 10.1. The van der Waals surface area contributed by atoms with Crippen LogP contribution in [-0.4, -0.2) is 44.5 Å². The third kappa shape index (κ3) is 7.21. The smallest absolute Gasteiger partial charge is 0.430 e. The Balaban J connectivity index is 0.000000540. The molecule has 0 aliphatic rings. The first-order valence-corrected chi connectivity index (χ1v) is 10.00. The third-order valence-corrected chi connectivity index (χ3v) is 4.43. The highest BCUT2D eigenvalue weighted by Crippen LogP contribution is 2.26. The number of ether oxygens (including phenoxy) is 1. The molecule has 0 unspecified atom stereocenters. The lowest BCUT2D eigenvalue weighted by molar-refractivity contribution is -0.370. The molecule has 0 fully saturated rings. The number of nitrogens with zero attached hydrogens (tertiary/aromatic N) is 1. The second-order valence-electron chi connectivity index (χ2n) is 7.22. The molecule has 3 aromatic rings. The average molecular weight is 498 g/mol. The number of benzene rings is 2. The van der Waals surface area contributed by atoms with Gasteiger partial charge in [0, 0.05) is 31.4 Å². The first kappa shape index (κ1) is 27.2. The molecule has 0 aliphatic carbocycles. The number of carboxylic acid groups (broad SMARTS) is 1. The van der Waals surface area contributed by atoms with Crippen molar-refractivity contribution in [1.29, 1.82) is 0 Å². The van der Waals surface area contributed by atoms with Gasteiger partial charge in [-0.2, -0.15) is 13.2 Å². The molecule has 1 heterocycles. The van der Waals surface area contributed by atoms with Gasteiger partial charge in [0.15, 0.2) is 5.76 Å². The molecule has 0 spiro atoms. The summed E-state index contributed by atoms with van der Waals surface area (Å²) >= 11 is 0. The number of carbonyl (C=O) groups is 1. The van der Waals surface area contributed by atoms with Gasteiger partial charge in [-0.3, -0.25) is 4.79 Å². The zero-order chi connectivity index (χ0) is 26.3. The Hall–Kier alpha value is -4.06. The van der Waals surface area contributed by atoms with Crippen molar-refractivity contribution in [1.82, 2.24) is 0 Å². The van der Waals surface area contributed by atoms with Crippen LogP contribution in [0.15, 0.2) is 45.6 Å². The fraction of sp³-hybridized carbons (Fsp3) is 0.217. The molecule has 1 aromatic heterocycles. The zero-order valence-corrected chi connectivity index (χ0v) is 18.7. The van der Waals surface area contributed by atoms with E-state index in [1.54, 1.807) is 29.2 Å². The first-order valence-electron chi connectivity index (χ1n) is 10.00. The van der Waals surface area contributed by atoms with E-state index >= 15 is 0 Å². The summed E-state index contributed by atoms with van der Waals surface area (Å²) in [5.41, 5.74) is 4.45. The molecule has 0 saturated heterocycles. The minimum Gasteiger partial charge on any atom is -0.542 e. The zero-order valence-electron chi connectivity index (χ0n) is 18.7. The molecule has 188 valence electrons. The van der Waals surface area contributed by atoms with Gasteiger partial charge in [0.1, 0.15) is 36.3 Å². The van der Waals surface area contributed by atoms with Crippen molar-refractivity contribution in [2.24, 2.45) is 0 Å². The Labute approximate surface area is 196 Å². The number of anilines is 1. The molecule has 8 nitrogen and oxygen atoms in total. The van der Waals surface area contributed by atoms with E-state index in [1.165, 1.54) is 24.3 Å². The van der Waals surface area contributed by atoms with Gasteiger partial charge in [0.25, 0.3) is 0 Å². The summed E-state index contributed by atoms with van der Waals surface area (Å²) < 4.78 is 57.0. The summed E-state index contributed by atoms with van der Waals surface area (Å²) in [5.74, 6) is -3.48. The topological polar surface area (TPSA) is 131 Å². The lowest BCUT2D eigenvalue weighted by Crippen LogP contribution is -2.52. The van der Waals surface area contributed by atoms with Crippen molar-refractivity contribution in [2.75, 3.05) is 32.1 Å². The predicted molar refractivity (Wildman–Crippen MR) is 118 cm³/mol. The number of fused-ring (bicyclic) bond motifs is 1. The Morgan fingerprint density at radius 1 is 1.20 bits per heavy atom. The van der Waals surface area contributed by atoms with Crippen molar-refractivity contribution in [3.63, 3.8) is 0 Å². The van der Waals surface area contributed by atoms with E-state index in [2.05, 4.69) is 5.73 Å². The number of hydrogen-bond donors (Lipinski definition) is 2. The van der Waals surface area contributed by atoms with Gasteiger partial charge in [0.2, 0.25) is 11.2 Å². The molecule has 0 bridgehead atoms. The largest absolute Gasteiger partial charge is 0.542 e. The minimum absolute atomic E-state index is 0.0529. The normalized spacial score (nSPS) is 11.3. The molecule has 0 amide bonds. The highest BCUT2D eigenvalue weighted by molar-refractivity contribution is 5.82. The second-order valence-corrected chi connectivity index (χ2v) is 7.22. The van der Waals surface area contributed by atoms with Crippen molar-refractivity contribution in [3.8, 4) is 11.5 Å². The number of aromatic hydroxyl groups is 1. The van der Waals surface area contributed by atoms with Crippen LogP contribution >= 0.6 is 0 Å². The number of quaternary nitrogens is 1. The van der Waals surface area contributed by atoms with Crippen LogP contribution < -0.4 is 25.9 Å². The summed E-state index contributed by atoms with van der Waals surface area (Å²) in [6, 6.07) is 9.53. The molecular weight excluding hydrogens is 476 g/mol. The van der Waals surface area contributed by atoms with Crippen LogP contribution in [0.25, 0.3) is 23.1 Å². The van der Waals surface area contributed by atoms with Crippen LogP contribution in [0.4, 0.5) is 23.2 Å². The average Bonchev–Trinajstić information content (AvgIpc) is 2.79. The second kappa shape index (κ2) is 11.4. The van der Waals surface area contributed by atoms with Crippen LogP contribution in [0.1, 0.15) is 11.3 Å². The quantitative estimate of drug-likeness (QED) is 0.496. The molecule has 3 rings (SSSR count). The fourth-order valence-corrected chi connectivity index (χ4v) is 2.67. The molecule has 0 saturated carbocycles. The number of rotatable bonds is 6. The van der Waals surface area contributed by atoms with Crippen LogP contribution in [0.3, 0.4) is 0 Å². The van der Waals surface area contributed by atoms with Crippen molar-refractivity contribution < 1.29 is 47.5 Å². The van der Waals surface area contributed by atoms with E-state index in [0.29, 0.717) is 24.5 Å². The molecule has 35 heavy (non-hydrogen) atoms. The van der Waals surface area contributed by atoms with Gasteiger partial charge < -0.3 is 34.8 Å². The maximum absolute atomic E-state index is 14.3. The van der Waals surface area contributed by atoms with E-state index in [1.807, 2.05) is 14.1 Å². The maximum atomic E-state index is 14.3. The highest BCUT2D eigenvalue weighted by Gasteiger charge is 2.28. The molecule has 0 aliphatic heterocycles. The maximum Gasteiger partial charge on any atom is 0.430 e. The van der Waals surface area contributed by atoms with Crippen LogP contribution in [0, 0.1) is 5.82 Å². The van der Waals surface area contributed by atoms with Crippen molar-refractivity contribution >= 4 is 34.8 Å². The van der Waals surface area contributed by atoms with Crippen molar-refractivity contribution in [3.05, 3.63) is 63.8 Å². The summed E-state index contributed by atoms with van der Waals surface area (Å²) in [7, 11) is 3.64. The number of halogens is 4. The number of aliphatic carboxylic acids is 1. The van der Waals surface area contributed by atoms with E-state index in [4.69, 9.17) is 19.1 Å². The number of alkyl halides is 3. The molecule has 2 aromatic carbocycles. The van der Waals surface area contributed by atoms with Gasteiger partial charge in [-0.25, -0.2) is 4.39 Å². The number of carbonyl (C=O) groups excluding carboxylic acids is 1. The molecule has 0 radical (unpaired) electrons. The molecule has 4 N–H and O–H groups in total.